The van der Waals surface area contributed by atoms with Crippen LogP contribution >= 0.6 is 7.82 Å². The van der Waals surface area contributed by atoms with Gasteiger partial charge in [0.05, 0.1) is 0 Å². The largest absolute Gasteiger partial charge is 0.756 e. The molecule has 0 aromatic heterocycles. The van der Waals surface area contributed by atoms with Gasteiger partial charge in [-0.3, -0.25) is 4.57 Å². The van der Waals surface area contributed by atoms with Gasteiger partial charge in [-0.15, -0.1) is 0 Å². The monoisotopic (exact) mass is 279 g/mol. The van der Waals surface area contributed by atoms with E-state index >= 15 is 0 Å². The molecule has 0 rings (SSSR count). The first kappa shape index (κ1) is 18.0. The summed E-state index contributed by atoms with van der Waals surface area (Å²) in [5, 5.41) is 0. The second-order valence-corrected chi connectivity index (χ2v) is 3.64. The molecule has 0 spiro atoms. The van der Waals surface area contributed by atoms with E-state index in [1.54, 1.807) is 0 Å². The van der Waals surface area contributed by atoms with Crippen LogP contribution in [0.5, 0.6) is 0 Å². The third-order valence-corrected chi connectivity index (χ3v) is 1.66. The van der Waals surface area contributed by atoms with E-state index < -0.39 is 33.4 Å². The van der Waals surface area contributed by atoms with Gasteiger partial charge in [0.2, 0.25) is 0 Å². The van der Waals surface area contributed by atoms with Crippen molar-refractivity contribution in [3.8, 4) is 0 Å². The van der Waals surface area contributed by atoms with Gasteiger partial charge in [0.15, 0.2) is 13.2 Å². The zero-order chi connectivity index (χ0) is 12.3. The summed E-state index contributed by atoms with van der Waals surface area (Å²) in [4.78, 5) is 10.3. The predicted octanol–water partition coefficient (Wildman–Crippen LogP) is 1.99. The molecule has 0 aliphatic rings. The minimum absolute atomic E-state index is 0. The Kier molecular flexibility index (Phi) is 6.56. The lowest BCUT2D eigenvalue weighted by atomic mass is 10.7. The van der Waals surface area contributed by atoms with Crippen molar-refractivity contribution in [1.29, 1.82) is 0 Å². The molecule has 0 aliphatic carbocycles. The van der Waals surface area contributed by atoms with Crippen LogP contribution in [0.4, 0.5) is 26.3 Å². The molecule has 0 aliphatic heterocycles. The zero-order valence-electron chi connectivity index (χ0n) is 7.76. The Hall–Kier alpha value is -0.350. The average molecular weight is 279 g/mol. The highest BCUT2D eigenvalue weighted by Gasteiger charge is 2.33. The van der Waals surface area contributed by atoms with E-state index in [0.717, 1.165) is 0 Å². The molecule has 0 fully saturated rings. The van der Waals surface area contributed by atoms with E-state index in [4.69, 9.17) is 0 Å². The minimum Gasteiger partial charge on any atom is -0.756 e. The third kappa shape index (κ3) is 11.7. The molecular formula is C4H8F6NO4P. The van der Waals surface area contributed by atoms with Crippen LogP contribution in [0.25, 0.3) is 0 Å². The molecule has 4 N–H and O–H groups in total. The fraction of sp³-hybridized carbons (Fsp3) is 1.00. The van der Waals surface area contributed by atoms with Crippen molar-refractivity contribution >= 4 is 7.82 Å². The van der Waals surface area contributed by atoms with Crippen LogP contribution < -0.4 is 11.0 Å². The van der Waals surface area contributed by atoms with Gasteiger partial charge in [0.25, 0.3) is 7.82 Å². The maximum Gasteiger partial charge on any atom is 0.412 e. The molecule has 0 atom stereocenters. The van der Waals surface area contributed by atoms with Crippen molar-refractivity contribution in [2.24, 2.45) is 0 Å². The van der Waals surface area contributed by atoms with Crippen LogP contribution in [-0.2, 0) is 13.6 Å². The smallest absolute Gasteiger partial charge is 0.412 e. The van der Waals surface area contributed by atoms with Crippen molar-refractivity contribution in [3.63, 3.8) is 0 Å². The highest BCUT2D eigenvalue weighted by atomic mass is 31.2. The van der Waals surface area contributed by atoms with Crippen molar-refractivity contribution in [3.05, 3.63) is 0 Å². The first-order valence-electron chi connectivity index (χ1n) is 3.15. The first-order valence-corrected chi connectivity index (χ1v) is 4.61. The van der Waals surface area contributed by atoms with Gasteiger partial charge in [-0.1, -0.05) is 0 Å². The predicted molar refractivity (Wildman–Crippen MR) is 37.6 cm³/mol. The Morgan fingerprint density at radius 3 is 1.38 bits per heavy atom. The fourth-order valence-electron chi connectivity index (χ4n) is 0.342. The summed E-state index contributed by atoms with van der Waals surface area (Å²) in [6.07, 6.45) is -9.94. The second kappa shape index (κ2) is 5.82. The van der Waals surface area contributed by atoms with Gasteiger partial charge in [-0.2, -0.15) is 26.3 Å². The summed E-state index contributed by atoms with van der Waals surface area (Å²) in [5.74, 6) is 0. The van der Waals surface area contributed by atoms with Gasteiger partial charge in [0, 0.05) is 0 Å². The van der Waals surface area contributed by atoms with Crippen molar-refractivity contribution in [1.82, 2.24) is 6.15 Å². The quantitative estimate of drug-likeness (QED) is 0.628. The molecule has 0 bridgehead atoms. The highest BCUT2D eigenvalue weighted by Crippen LogP contribution is 2.41. The number of quaternary nitrogens is 1. The van der Waals surface area contributed by atoms with E-state index in [1.165, 1.54) is 0 Å². The van der Waals surface area contributed by atoms with Crippen molar-refractivity contribution in [2.75, 3.05) is 13.2 Å². The Morgan fingerprint density at radius 2 is 1.19 bits per heavy atom. The molecule has 0 amide bonds. The topological polar surface area (TPSA) is 95.1 Å². The molecule has 0 saturated heterocycles. The van der Waals surface area contributed by atoms with Crippen LogP contribution in [0.3, 0.4) is 0 Å². The van der Waals surface area contributed by atoms with E-state index in [2.05, 4.69) is 9.05 Å². The van der Waals surface area contributed by atoms with E-state index in [1.807, 2.05) is 0 Å². The summed E-state index contributed by atoms with van der Waals surface area (Å²) in [6, 6.07) is 0. The normalized spacial score (nSPS) is 13.4. The lowest BCUT2D eigenvalue weighted by Crippen LogP contribution is -2.23. The molecule has 16 heavy (non-hydrogen) atoms. The molecule has 12 heteroatoms. The Bertz CT molecular complexity index is 230. The number of rotatable bonds is 4. The third-order valence-electron chi connectivity index (χ3n) is 0.773. The standard InChI is InChI=1S/C4H5F6O4P.H3N/c5-3(6,7)1-13-15(11,12)14-2-4(8,9)10;/h1-2H2,(H,11,12);1H3. The number of hydrogen-bond donors (Lipinski definition) is 1. The Labute approximate surface area is 85.5 Å². The van der Waals surface area contributed by atoms with Crippen LogP contribution in [0.2, 0.25) is 0 Å². The maximum atomic E-state index is 11.4. The molecule has 100 valence electrons. The van der Waals surface area contributed by atoms with Gasteiger partial charge >= 0.3 is 12.4 Å². The van der Waals surface area contributed by atoms with Crippen LogP contribution in [0.1, 0.15) is 0 Å². The maximum absolute atomic E-state index is 11.4. The summed E-state index contributed by atoms with van der Waals surface area (Å²) < 4.78 is 85.0. The number of phosphoric ester groups is 1. The molecule has 0 saturated carbocycles. The molecule has 0 aromatic rings. The summed E-state index contributed by atoms with van der Waals surface area (Å²) in [5.41, 5.74) is 0. The lowest BCUT2D eigenvalue weighted by Gasteiger charge is -2.23. The molecular weight excluding hydrogens is 271 g/mol. The van der Waals surface area contributed by atoms with E-state index in [-0.39, 0.29) is 6.15 Å². The van der Waals surface area contributed by atoms with Crippen LogP contribution in [-0.4, -0.2) is 25.6 Å². The van der Waals surface area contributed by atoms with Gasteiger partial charge in [0.1, 0.15) is 0 Å². The summed E-state index contributed by atoms with van der Waals surface area (Å²) in [6.45, 7) is -4.46. The fourth-order valence-corrected chi connectivity index (χ4v) is 1.03. The summed E-state index contributed by atoms with van der Waals surface area (Å²) >= 11 is 0. The second-order valence-electron chi connectivity index (χ2n) is 2.22. The number of hydrogen-bond acceptors (Lipinski definition) is 4. The van der Waals surface area contributed by atoms with E-state index in [0.29, 0.717) is 0 Å². The van der Waals surface area contributed by atoms with Crippen LogP contribution in [0, 0.1) is 0 Å². The zero-order valence-corrected chi connectivity index (χ0v) is 8.66. The van der Waals surface area contributed by atoms with Crippen molar-refractivity contribution < 1.29 is 44.8 Å². The highest BCUT2D eigenvalue weighted by molar-refractivity contribution is 7.45. The van der Waals surface area contributed by atoms with E-state index in [9.17, 15) is 35.8 Å². The number of alkyl halides is 6. The van der Waals surface area contributed by atoms with Crippen molar-refractivity contribution in [2.45, 2.75) is 12.4 Å². The molecule has 5 nitrogen and oxygen atoms in total. The SMILES string of the molecule is O=P([O-])(OCC(F)(F)F)OCC(F)(F)F.[NH4+]. The van der Waals surface area contributed by atoms with Crippen LogP contribution in [0.15, 0.2) is 0 Å². The lowest BCUT2D eigenvalue weighted by molar-refractivity contribution is -0.251. The molecule has 0 unspecified atom stereocenters. The van der Waals surface area contributed by atoms with Gasteiger partial charge in [-0.25, -0.2) is 0 Å². The number of phosphoric acid groups is 1. The van der Waals surface area contributed by atoms with Gasteiger partial charge < -0.3 is 20.1 Å². The molecule has 0 aromatic carbocycles. The van der Waals surface area contributed by atoms with Gasteiger partial charge in [-0.05, 0) is 0 Å². The molecule has 0 heterocycles. The summed E-state index contributed by atoms with van der Waals surface area (Å²) in [7, 11) is -5.58. The minimum atomic E-state index is -5.58. The molecule has 0 radical (unpaired) electrons. The number of halogens is 6. The first-order chi connectivity index (χ1) is 6.41. The Morgan fingerprint density at radius 1 is 0.938 bits per heavy atom. The average Bonchev–Trinajstić information content (AvgIpc) is 1.96. The Balaban J connectivity index is 0.